The predicted molar refractivity (Wildman–Crippen MR) is 163 cm³/mol. The fourth-order valence-corrected chi connectivity index (χ4v) is 5.67. The number of ether oxygens (including phenoxy) is 3. The highest BCUT2D eigenvalue weighted by molar-refractivity contribution is 5.91. The van der Waals surface area contributed by atoms with Gasteiger partial charge in [0.15, 0.2) is 6.10 Å². The molecule has 9 heteroatoms. The summed E-state index contributed by atoms with van der Waals surface area (Å²) < 4.78 is 33.3. The summed E-state index contributed by atoms with van der Waals surface area (Å²) >= 11 is 0. The van der Waals surface area contributed by atoms with E-state index in [-0.39, 0.29) is 29.5 Å². The number of carbonyl (C=O) groups excluding carboxylic acids is 3. The summed E-state index contributed by atoms with van der Waals surface area (Å²) in [5.41, 5.74) is 0.362. The van der Waals surface area contributed by atoms with E-state index in [9.17, 15) is 23.6 Å². The molecule has 0 aliphatic heterocycles. The number of rotatable bonds is 8. The minimum atomic E-state index is -1.16. The van der Waals surface area contributed by atoms with Crippen LogP contribution < -0.4 is 5.56 Å². The predicted octanol–water partition coefficient (Wildman–Crippen LogP) is 6.01. The summed E-state index contributed by atoms with van der Waals surface area (Å²) in [6.07, 6.45) is -0.573. The first-order valence-electron chi connectivity index (χ1n) is 14.4. The molecule has 0 radical (unpaired) electrons. The molecule has 1 fully saturated rings. The topological polar surface area (TPSA) is 101 Å². The van der Waals surface area contributed by atoms with Crippen molar-refractivity contribution >= 4 is 28.7 Å². The molecule has 1 saturated carbocycles. The summed E-state index contributed by atoms with van der Waals surface area (Å²) in [5, 5.41) is 0.677. The van der Waals surface area contributed by atoms with Gasteiger partial charge in [-0.1, -0.05) is 60.7 Å². The third-order valence-electron chi connectivity index (χ3n) is 7.91. The Morgan fingerprint density at radius 3 is 1.80 bits per heavy atom. The van der Waals surface area contributed by atoms with Crippen LogP contribution in [0.5, 0.6) is 0 Å². The summed E-state index contributed by atoms with van der Waals surface area (Å²) in [6.45, 7) is -0.187. The Bertz CT molecular complexity index is 1890. The fraction of sp³-hybridized carbons (Fsp3) is 0.167. The third-order valence-corrected chi connectivity index (χ3v) is 7.91. The van der Waals surface area contributed by atoms with Crippen LogP contribution in [0.3, 0.4) is 0 Å². The van der Waals surface area contributed by atoms with E-state index in [1.807, 2.05) is 0 Å². The van der Waals surface area contributed by atoms with Crippen molar-refractivity contribution in [3.8, 4) is 0 Å². The van der Waals surface area contributed by atoms with Gasteiger partial charge in [0.05, 0.1) is 34.7 Å². The van der Waals surface area contributed by atoms with E-state index in [2.05, 4.69) is 0 Å². The molecule has 0 bridgehead atoms. The van der Waals surface area contributed by atoms with E-state index in [1.165, 1.54) is 16.7 Å². The Kier molecular flexibility index (Phi) is 8.50. The Balaban J connectivity index is 1.40. The molecule has 0 spiro atoms. The molecular weight excluding hydrogens is 577 g/mol. The van der Waals surface area contributed by atoms with Gasteiger partial charge in [0, 0.05) is 12.1 Å². The fourth-order valence-electron chi connectivity index (χ4n) is 5.67. The monoisotopic (exact) mass is 605 g/mol. The zero-order valence-electron chi connectivity index (χ0n) is 24.0. The van der Waals surface area contributed by atoms with Gasteiger partial charge in [0.2, 0.25) is 0 Å². The number of aromatic nitrogens is 1. The first-order valence-corrected chi connectivity index (χ1v) is 14.4. The molecule has 4 aromatic carbocycles. The molecule has 226 valence electrons. The summed E-state index contributed by atoms with van der Waals surface area (Å²) in [6, 6.07) is 29.8. The average molecular weight is 606 g/mol. The zero-order chi connectivity index (χ0) is 31.3. The van der Waals surface area contributed by atoms with Gasteiger partial charge >= 0.3 is 17.9 Å². The van der Waals surface area contributed by atoms with Gasteiger partial charge in [-0.05, 0) is 66.4 Å². The highest BCUT2D eigenvalue weighted by Gasteiger charge is 2.50. The van der Waals surface area contributed by atoms with Gasteiger partial charge in [-0.3, -0.25) is 4.79 Å². The van der Waals surface area contributed by atoms with Gasteiger partial charge in [0.1, 0.15) is 11.9 Å². The number of hydrogen-bond donors (Lipinski definition) is 0. The van der Waals surface area contributed by atoms with Crippen LogP contribution in [0.2, 0.25) is 0 Å². The molecule has 1 aliphatic rings. The molecular formula is C36H28FNO7. The van der Waals surface area contributed by atoms with Gasteiger partial charge in [0.25, 0.3) is 5.56 Å². The Labute approximate surface area is 257 Å². The number of hydrogen-bond acceptors (Lipinski definition) is 7. The summed E-state index contributed by atoms with van der Waals surface area (Å²) in [4.78, 5) is 53.4. The number of halogens is 1. The molecule has 0 N–H and O–H groups in total. The molecule has 8 nitrogen and oxygen atoms in total. The maximum atomic E-state index is 14.2. The molecule has 5 aromatic rings. The number of esters is 3. The number of carbonyl (C=O) groups is 3. The van der Waals surface area contributed by atoms with Crippen LogP contribution in [-0.4, -0.2) is 41.3 Å². The Hall–Kier alpha value is -5.57. The zero-order valence-corrected chi connectivity index (χ0v) is 24.0. The van der Waals surface area contributed by atoms with Gasteiger partial charge < -0.3 is 18.8 Å². The van der Waals surface area contributed by atoms with E-state index < -0.39 is 53.5 Å². The molecule has 1 aliphatic carbocycles. The van der Waals surface area contributed by atoms with Crippen molar-refractivity contribution in [1.29, 1.82) is 0 Å². The molecule has 4 atom stereocenters. The van der Waals surface area contributed by atoms with Crippen molar-refractivity contribution < 1.29 is 33.0 Å². The SMILES string of the molecule is O=C(OC[C@H]1C[C@@H](n2ccc3ccc(F)cc3c2=O)[C@H](OC(=O)c2ccccc2)[C@@H]1OC(=O)c1ccccc1)c1ccccc1. The van der Waals surface area contributed by atoms with E-state index in [0.29, 0.717) is 10.9 Å². The number of fused-ring (bicyclic) bond motifs is 1. The van der Waals surface area contributed by atoms with Crippen molar-refractivity contribution in [2.24, 2.45) is 5.92 Å². The lowest BCUT2D eigenvalue weighted by Gasteiger charge is -2.27. The lowest BCUT2D eigenvalue weighted by Crippen LogP contribution is -2.40. The Morgan fingerprint density at radius 1 is 0.689 bits per heavy atom. The van der Waals surface area contributed by atoms with Crippen molar-refractivity contribution in [2.45, 2.75) is 24.7 Å². The number of benzene rings is 4. The van der Waals surface area contributed by atoms with Crippen LogP contribution >= 0.6 is 0 Å². The average Bonchev–Trinajstić information content (AvgIpc) is 3.40. The van der Waals surface area contributed by atoms with E-state index in [1.54, 1.807) is 103 Å². The van der Waals surface area contributed by atoms with Crippen LogP contribution in [-0.2, 0) is 14.2 Å². The smallest absolute Gasteiger partial charge is 0.338 e. The highest BCUT2D eigenvalue weighted by atomic mass is 19.1. The summed E-state index contributed by atoms with van der Waals surface area (Å²) in [7, 11) is 0. The van der Waals surface area contributed by atoms with E-state index in [4.69, 9.17) is 14.2 Å². The molecule has 0 amide bonds. The van der Waals surface area contributed by atoms with Gasteiger partial charge in [-0.25, -0.2) is 18.8 Å². The molecule has 1 aromatic heterocycles. The van der Waals surface area contributed by atoms with Gasteiger partial charge in [-0.2, -0.15) is 0 Å². The summed E-state index contributed by atoms with van der Waals surface area (Å²) in [5.74, 6) is -3.18. The van der Waals surface area contributed by atoms with Gasteiger partial charge in [-0.15, -0.1) is 0 Å². The highest BCUT2D eigenvalue weighted by Crippen LogP contribution is 2.40. The van der Waals surface area contributed by atoms with Crippen LogP contribution in [0.25, 0.3) is 10.8 Å². The largest absolute Gasteiger partial charge is 0.462 e. The van der Waals surface area contributed by atoms with Crippen molar-refractivity contribution in [3.63, 3.8) is 0 Å². The second-order valence-electron chi connectivity index (χ2n) is 10.8. The number of pyridine rings is 1. The minimum Gasteiger partial charge on any atom is -0.462 e. The van der Waals surface area contributed by atoms with Crippen LogP contribution in [0, 0.1) is 11.7 Å². The van der Waals surface area contributed by atoms with Crippen LogP contribution in [0.15, 0.2) is 126 Å². The normalized spacial score (nSPS) is 19.1. The first-order chi connectivity index (χ1) is 21.9. The molecule has 0 saturated heterocycles. The van der Waals surface area contributed by atoms with Crippen LogP contribution in [0.1, 0.15) is 43.5 Å². The Morgan fingerprint density at radius 2 is 1.22 bits per heavy atom. The molecule has 0 unspecified atom stereocenters. The lowest BCUT2D eigenvalue weighted by molar-refractivity contribution is -0.0497. The second-order valence-corrected chi connectivity index (χ2v) is 10.8. The van der Waals surface area contributed by atoms with Crippen LogP contribution in [0.4, 0.5) is 4.39 Å². The van der Waals surface area contributed by atoms with Crippen molar-refractivity contribution in [3.05, 3.63) is 154 Å². The van der Waals surface area contributed by atoms with E-state index >= 15 is 0 Å². The minimum absolute atomic E-state index is 0.141. The molecule has 6 rings (SSSR count). The standard InChI is InChI=1S/C36H28FNO7/c37-28-17-16-23-18-19-38(33(39)29(23)21-28)30-20-27(22-43-34(40)24-10-4-1-5-11-24)31(44-35(41)25-12-6-2-7-13-25)32(30)45-36(42)26-14-8-3-9-15-26/h1-19,21,27,30-32H,20,22H2/t27-,30-,31-,32+/m1/s1. The third kappa shape index (κ3) is 6.38. The van der Waals surface area contributed by atoms with Crippen molar-refractivity contribution in [2.75, 3.05) is 6.61 Å². The quantitative estimate of drug-likeness (QED) is 0.158. The van der Waals surface area contributed by atoms with Crippen molar-refractivity contribution in [1.82, 2.24) is 4.57 Å². The molecule has 1 heterocycles. The number of nitrogens with zero attached hydrogens (tertiary/aromatic N) is 1. The second kappa shape index (κ2) is 13.0. The maximum Gasteiger partial charge on any atom is 0.338 e. The lowest BCUT2D eigenvalue weighted by atomic mass is 10.1. The first kappa shape index (κ1) is 29.5. The molecule has 45 heavy (non-hydrogen) atoms. The maximum absolute atomic E-state index is 14.2. The van der Waals surface area contributed by atoms with E-state index in [0.717, 1.165) is 6.07 Å².